The number of fused-ring (bicyclic) bond motifs is 1. The number of nitrogens with zero attached hydrogens (tertiary/aromatic N) is 3. The average Bonchev–Trinajstić information content (AvgIpc) is 2.70. The minimum absolute atomic E-state index is 0.339. The van der Waals surface area contributed by atoms with Crippen molar-refractivity contribution < 1.29 is 13.5 Å². The molecule has 7 nitrogen and oxygen atoms in total. The highest BCUT2D eigenvalue weighted by molar-refractivity contribution is 7.77. The molecule has 148 valence electrons. The van der Waals surface area contributed by atoms with Crippen molar-refractivity contribution in [2.45, 2.75) is 19.5 Å². The molecule has 3 aromatic rings. The summed E-state index contributed by atoms with van der Waals surface area (Å²) in [5.74, 6) is 0.789. The van der Waals surface area contributed by atoms with E-state index in [1.54, 1.807) is 0 Å². The molecule has 8 heteroatoms. The second-order valence-corrected chi connectivity index (χ2v) is 7.29. The number of rotatable bonds is 10. The van der Waals surface area contributed by atoms with Gasteiger partial charge in [-0.05, 0) is 43.3 Å². The Balaban J connectivity index is 1.39. The van der Waals surface area contributed by atoms with Gasteiger partial charge in [-0.15, -0.1) is 0 Å². The second kappa shape index (κ2) is 10.2. The van der Waals surface area contributed by atoms with Crippen molar-refractivity contribution in [3.63, 3.8) is 0 Å². The first-order chi connectivity index (χ1) is 13.6. The van der Waals surface area contributed by atoms with Gasteiger partial charge in [0.05, 0.1) is 29.5 Å². The predicted molar refractivity (Wildman–Crippen MR) is 110 cm³/mol. The predicted octanol–water partition coefficient (Wildman–Crippen LogP) is 2.76. The van der Waals surface area contributed by atoms with Gasteiger partial charge in [-0.1, -0.05) is 24.3 Å². The zero-order chi connectivity index (χ0) is 19.8. The van der Waals surface area contributed by atoms with Crippen molar-refractivity contribution in [2.75, 3.05) is 20.2 Å². The van der Waals surface area contributed by atoms with Crippen molar-refractivity contribution in [1.29, 1.82) is 0 Å². The summed E-state index contributed by atoms with van der Waals surface area (Å²) in [4.78, 5) is 11.3. The molecule has 1 atom stereocenters. The molecule has 0 aliphatic rings. The number of ether oxygens (including phenoxy) is 1. The van der Waals surface area contributed by atoms with Gasteiger partial charge in [-0.3, -0.25) is 9.54 Å². The number of benzene rings is 2. The van der Waals surface area contributed by atoms with Crippen LogP contribution in [0.5, 0.6) is 5.75 Å². The molecule has 0 bridgehead atoms. The lowest BCUT2D eigenvalue weighted by atomic mass is 10.2. The lowest BCUT2D eigenvalue weighted by Crippen LogP contribution is -2.21. The molecule has 1 aromatic heterocycles. The van der Waals surface area contributed by atoms with Crippen LogP contribution in [0.1, 0.15) is 17.7 Å². The third-order valence-electron chi connectivity index (χ3n) is 4.21. The van der Waals surface area contributed by atoms with Gasteiger partial charge < -0.3 is 9.64 Å². The fourth-order valence-corrected chi connectivity index (χ4v) is 3.09. The lowest BCUT2D eigenvalue weighted by molar-refractivity contribution is 0.257. The van der Waals surface area contributed by atoms with Crippen LogP contribution < -0.4 is 9.46 Å². The van der Waals surface area contributed by atoms with Gasteiger partial charge >= 0.3 is 0 Å². The van der Waals surface area contributed by atoms with Crippen molar-refractivity contribution in [3.8, 4) is 5.75 Å². The molecule has 0 radical (unpaired) electrons. The maximum Gasteiger partial charge on any atom is 0.232 e. The van der Waals surface area contributed by atoms with E-state index in [0.29, 0.717) is 13.2 Å². The van der Waals surface area contributed by atoms with E-state index < -0.39 is 11.3 Å². The molecule has 1 unspecified atom stereocenters. The first-order valence-corrected chi connectivity index (χ1v) is 10.2. The van der Waals surface area contributed by atoms with Crippen LogP contribution >= 0.6 is 0 Å². The third-order valence-corrected chi connectivity index (χ3v) is 4.60. The van der Waals surface area contributed by atoms with E-state index in [1.165, 1.54) is 0 Å². The summed E-state index contributed by atoms with van der Waals surface area (Å²) in [5.41, 5.74) is 3.70. The number of hydrogen-bond acceptors (Lipinski definition) is 5. The molecule has 28 heavy (non-hydrogen) atoms. The van der Waals surface area contributed by atoms with E-state index in [1.807, 2.05) is 54.7 Å². The number of para-hydroxylation sites is 2. The molecular weight excluding hydrogens is 376 g/mol. The topological polar surface area (TPSA) is 87.6 Å². The highest BCUT2D eigenvalue weighted by Gasteiger charge is 2.04. The molecule has 0 saturated heterocycles. The second-order valence-electron chi connectivity index (χ2n) is 6.50. The first kappa shape index (κ1) is 20.3. The maximum atomic E-state index is 10.6. The van der Waals surface area contributed by atoms with Crippen molar-refractivity contribution in [3.05, 3.63) is 66.0 Å². The highest BCUT2D eigenvalue weighted by Crippen LogP contribution is 2.13. The fraction of sp³-hybridized carbons (Fsp3) is 0.300. The maximum absolute atomic E-state index is 10.6. The Hall–Kier alpha value is -2.39. The molecule has 0 aliphatic heterocycles. The molecule has 0 amide bonds. The summed E-state index contributed by atoms with van der Waals surface area (Å²) >= 11 is -2.00. The fourth-order valence-electron chi connectivity index (χ4n) is 2.80. The number of nitrogens with one attached hydrogen (secondary N) is 1. The van der Waals surface area contributed by atoms with E-state index in [4.69, 9.17) is 9.29 Å². The third kappa shape index (κ3) is 6.35. The Morgan fingerprint density at radius 2 is 1.89 bits per heavy atom. The molecule has 0 spiro atoms. The van der Waals surface area contributed by atoms with Crippen molar-refractivity contribution >= 4 is 22.3 Å². The number of aromatic nitrogens is 2. The SMILES string of the molecule is CN(CCCOc1ccc(CNS(=O)O)cc1)Cc1cnc2ccccc2n1. The van der Waals surface area contributed by atoms with Crippen LogP contribution in [0.2, 0.25) is 0 Å². The Morgan fingerprint density at radius 1 is 1.14 bits per heavy atom. The van der Waals surface area contributed by atoms with E-state index in [-0.39, 0.29) is 0 Å². The summed E-state index contributed by atoms with van der Waals surface area (Å²) in [6.07, 6.45) is 2.72. The number of hydrogen-bond donors (Lipinski definition) is 2. The Labute approximate surface area is 167 Å². The Kier molecular flexibility index (Phi) is 7.44. The van der Waals surface area contributed by atoms with E-state index in [2.05, 4.69) is 26.6 Å². The smallest absolute Gasteiger partial charge is 0.232 e. The zero-order valence-corrected chi connectivity index (χ0v) is 16.6. The minimum Gasteiger partial charge on any atom is -0.494 e. The largest absolute Gasteiger partial charge is 0.494 e. The van der Waals surface area contributed by atoms with E-state index in [9.17, 15) is 4.21 Å². The summed E-state index contributed by atoms with van der Waals surface area (Å²) in [6, 6.07) is 15.4. The summed E-state index contributed by atoms with van der Waals surface area (Å²) in [6.45, 7) is 2.59. The Morgan fingerprint density at radius 3 is 2.64 bits per heavy atom. The van der Waals surface area contributed by atoms with E-state index in [0.717, 1.165) is 47.6 Å². The van der Waals surface area contributed by atoms with Gasteiger partial charge in [-0.2, -0.15) is 0 Å². The molecule has 0 saturated carbocycles. The van der Waals surface area contributed by atoms with Crippen molar-refractivity contribution in [1.82, 2.24) is 19.6 Å². The lowest BCUT2D eigenvalue weighted by Gasteiger charge is -2.16. The Bertz CT molecular complexity index is 921. The van der Waals surface area contributed by atoms with Crippen molar-refractivity contribution in [2.24, 2.45) is 0 Å². The van der Waals surface area contributed by atoms with Crippen LogP contribution in [-0.2, 0) is 24.4 Å². The van der Waals surface area contributed by atoms with Gasteiger partial charge in [0.25, 0.3) is 0 Å². The normalized spacial score (nSPS) is 12.4. The molecule has 0 fully saturated rings. The summed E-state index contributed by atoms with van der Waals surface area (Å²) in [7, 11) is 2.06. The molecule has 2 aromatic carbocycles. The van der Waals surface area contributed by atoms with Gasteiger partial charge in [0.15, 0.2) is 0 Å². The minimum atomic E-state index is -2.00. The monoisotopic (exact) mass is 400 g/mol. The van der Waals surface area contributed by atoms with Gasteiger partial charge in [0.2, 0.25) is 11.3 Å². The van der Waals surface area contributed by atoms with Crippen LogP contribution in [0.25, 0.3) is 11.0 Å². The first-order valence-electron chi connectivity index (χ1n) is 9.05. The van der Waals surface area contributed by atoms with Gasteiger partial charge in [-0.25, -0.2) is 13.9 Å². The molecular formula is C20H24N4O3S. The van der Waals surface area contributed by atoms with Crippen LogP contribution in [0.15, 0.2) is 54.7 Å². The van der Waals surface area contributed by atoms with Crippen LogP contribution in [0.3, 0.4) is 0 Å². The van der Waals surface area contributed by atoms with E-state index >= 15 is 0 Å². The molecule has 1 heterocycles. The van der Waals surface area contributed by atoms with Gasteiger partial charge in [0, 0.05) is 19.6 Å². The quantitative estimate of drug-likeness (QED) is 0.402. The summed E-state index contributed by atoms with van der Waals surface area (Å²) in [5, 5.41) is 0. The van der Waals surface area contributed by atoms with Crippen LogP contribution in [0.4, 0.5) is 0 Å². The van der Waals surface area contributed by atoms with Gasteiger partial charge in [0.1, 0.15) is 5.75 Å². The molecule has 2 N–H and O–H groups in total. The van der Waals surface area contributed by atoms with Crippen LogP contribution in [0, 0.1) is 0 Å². The summed E-state index contributed by atoms with van der Waals surface area (Å²) < 4.78 is 27.5. The standard InChI is InChI=1S/C20H24N4O3S/c1-24(15-17-14-21-19-5-2-3-6-20(19)23-17)11-4-12-27-18-9-7-16(8-10-18)13-22-28(25)26/h2-3,5-10,14,22H,4,11-13,15H2,1H3,(H,25,26). The molecule has 0 aliphatic carbocycles. The average molecular weight is 401 g/mol. The highest BCUT2D eigenvalue weighted by atomic mass is 32.2. The van der Waals surface area contributed by atoms with Crippen LogP contribution in [-0.4, -0.2) is 43.8 Å². The zero-order valence-electron chi connectivity index (χ0n) is 15.7. The molecule has 3 rings (SSSR count).